The van der Waals surface area contributed by atoms with Crippen LogP contribution < -0.4 is 10.2 Å². The Kier molecular flexibility index (Phi) is 6.44. The quantitative estimate of drug-likeness (QED) is 0.744. The van der Waals surface area contributed by atoms with E-state index in [1.807, 2.05) is 24.3 Å². The van der Waals surface area contributed by atoms with Gasteiger partial charge in [-0.25, -0.2) is 8.42 Å². The molecular weight excluding hydrogens is 414 g/mol. The normalized spacial score (nSPS) is 14.6. The maximum Gasteiger partial charge on any atom is 0.313 e. The molecule has 2 amide bonds. The lowest BCUT2D eigenvalue weighted by molar-refractivity contribution is -0.143. The average molecular weight is 436 g/mol. The third kappa shape index (κ3) is 5.95. The van der Waals surface area contributed by atoms with Gasteiger partial charge in [0.05, 0.1) is 5.75 Å². The van der Waals surface area contributed by atoms with E-state index < -0.39 is 21.7 Å². The Labute approximate surface area is 175 Å². The fourth-order valence-electron chi connectivity index (χ4n) is 3.13. The molecule has 0 bridgehead atoms. The van der Waals surface area contributed by atoms with Crippen LogP contribution in [0.4, 0.5) is 11.4 Å². The van der Waals surface area contributed by atoms with E-state index in [0.29, 0.717) is 42.5 Å². The van der Waals surface area contributed by atoms with E-state index in [9.17, 15) is 18.0 Å². The van der Waals surface area contributed by atoms with Crippen molar-refractivity contribution in [2.45, 2.75) is 5.75 Å². The highest BCUT2D eigenvalue weighted by Gasteiger charge is 2.26. The van der Waals surface area contributed by atoms with E-state index in [1.165, 1.54) is 4.90 Å². The minimum atomic E-state index is -3.13. The zero-order chi connectivity index (χ0) is 21.0. The summed E-state index contributed by atoms with van der Waals surface area (Å²) >= 11 is 5.91. The molecule has 154 valence electrons. The first-order valence-electron chi connectivity index (χ1n) is 9.09. The number of carbonyl (C=O) groups excluding carboxylic acids is 2. The van der Waals surface area contributed by atoms with E-state index in [2.05, 4.69) is 10.2 Å². The van der Waals surface area contributed by atoms with E-state index in [0.717, 1.165) is 11.9 Å². The van der Waals surface area contributed by atoms with Gasteiger partial charge < -0.3 is 15.1 Å². The summed E-state index contributed by atoms with van der Waals surface area (Å²) in [5, 5.41) is 3.24. The second-order valence-electron chi connectivity index (χ2n) is 6.98. The molecule has 1 fully saturated rings. The van der Waals surface area contributed by atoms with Crippen LogP contribution in [0.25, 0.3) is 0 Å². The second kappa shape index (κ2) is 8.84. The summed E-state index contributed by atoms with van der Waals surface area (Å²) < 4.78 is 22.7. The van der Waals surface area contributed by atoms with Crippen LogP contribution in [0.5, 0.6) is 0 Å². The molecule has 2 aromatic rings. The Morgan fingerprint density at radius 1 is 0.966 bits per heavy atom. The van der Waals surface area contributed by atoms with Crippen LogP contribution in [0.1, 0.15) is 5.56 Å². The number of piperazine rings is 1. The highest BCUT2D eigenvalue weighted by atomic mass is 35.5. The van der Waals surface area contributed by atoms with Gasteiger partial charge in [-0.2, -0.15) is 0 Å². The van der Waals surface area contributed by atoms with Crippen molar-refractivity contribution in [2.24, 2.45) is 0 Å². The number of sulfone groups is 1. The molecular formula is C20H22ClN3O4S. The lowest BCUT2D eigenvalue weighted by atomic mass is 10.2. The molecule has 29 heavy (non-hydrogen) atoms. The number of anilines is 2. The monoisotopic (exact) mass is 435 g/mol. The minimum absolute atomic E-state index is 0.0714. The van der Waals surface area contributed by atoms with Gasteiger partial charge in [-0.1, -0.05) is 23.7 Å². The standard InChI is InChI=1S/C20H22ClN3O4S/c1-29(27,28)14-15-2-6-17(7-3-15)22-19(25)20(26)24-12-10-23(11-13-24)18-8-4-16(21)5-9-18/h2-9H,10-14H2,1H3,(H,22,25). The number of nitrogens with one attached hydrogen (secondary N) is 1. The number of benzene rings is 2. The maximum absolute atomic E-state index is 12.4. The Morgan fingerprint density at radius 3 is 2.10 bits per heavy atom. The zero-order valence-electron chi connectivity index (χ0n) is 16.0. The summed E-state index contributed by atoms with van der Waals surface area (Å²) in [5.41, 5.74) is 2.09. The van der Waals surface area contributed by atoms with Crippen LogP contribution in [0.2, 0.25) is 5.02 Å². The lowest BCUT2D eigenvalue weighted by Crippen LogP contribution is -2.51. The van der Waals surface area contributed by atoms with Gasteiger partial charge in [-0.05, 0) is 42.0 Å². The van der Waals surface area contributed by atoms with Crippen molar-refractivity contribution in [3.8, 4) is 0 Å². The predicted octanol–water partition coefficient (Wildman–Crippen LogP) is 2.17. The van der Waals surface area contributed by atoms with Crippen molar-refractivity contribution in [3.05, 3.63) is 59.1 Å². The van der Waals surface area contributed by atoms with Gasteiger partial charge in [0.1, 0.15) is 0 Å². The number of nitrogens with zero attached hydrogens (tertiary/aromatic N) is 2. The van der Waals surface area contributed by atoms with Gasteiger partial charge in [-0.15, -0.1) is 0 Å². The molecule has 1 aliphatic rings. The van der Waals surface area contributed by atoms with Crippen molar-refractivity contribution in [2.75, 3.05) is 42.7 Å². The molecule has 0 aromatic heterocycles. The largest absolute Gasteiger partial charge is 0.368 e. The third-order valence-electron chi connectivity index (χ3n) is 4.59. The van der Waals surface area contributed by atoms with Crippen LogP contribution in [-0.2, 0) is 25.2 Å². The number of hydrogen-bond donors (Lipinski definition) is 1. The highest BCUT2D eigenvalue weighted by Crippen LogP contribution is 2.19. The molecule has 2 aromatic carbocycles. The Morgan fingerprint density at radius 2 is 1.55 bits per heavy atom. The van der Waals surface area contributed by atoms with Gasteiger partial charge in [0.15, 0.2) is 9.84 Å². The fourth-order valence-corrected chi connectivity index (χ4v) is 4.06. The van der Waals surface area contributed by atoms with Crippen LogP contribution in [-0.4, -0.2) is 57.6 Å². The van der Waals surface area contributed by atoms with Crippen LogP contribution in [0.15, 0.2) is 48.5 Å². The molecule has 0 unspecified atom stereocenters. The molecule has 7 nitrogen and oxygen atoms in total. The first-order valence-corrected chi connectivity index (χ1v) is 11.5. The van der Waals surface area contributed by atoms with Gasteiger partial charge in [0.2, 0.25) is 0 Å². The smallest absolute Gasteiger partial charge is 0.313 e. The van der Waals surface area contributed by atoms with Gasteiger partial charge >= 0.3 is 11.8 Å². The predicted molar refractivity (Wildman–Crippen MR) is 114 cm³/mol. The zero-order valence-corrected chi connectivity index (χ0v) is 17.5. The molecule has 9 heteroatoms. The maximum atomic E-state index is 12.4. The molecule has 0 aliphatic carbocycles. The van der Waals surface area contributed by atoms with Crippen LogP contribution in [0, 0.1) is 0 Å². The SMILES string of the molecule is CS(=O)(=O)Cc1ccc(NC(=O)C(=O)N2CCN(c3ccc(Cl)cc3)CC2)cc1. The summed E-state index contributed by atoms with van der Waals surface area (Å²) in [5.74, 6) is -1.36. The van der Waals surface area contributed by atoms with Crippen molar-refractivity contribution in [3.63, 3.8) is 0 Å². The summed E-state index contributed by atoms with van der Waals surface area (Å²) in [6.45, 7) is 2.14. The molecule has 1 N–H and O–H groups in total. The first kappa shape index (κ1) is 21.1. The number of hydrogen-bond acceptors (Lipinski definition) is 5. The van der Waals surface area contributed by atoms with Crippen LogP contribution >= 0.6 is 11.6 Å². The lowest BCUT2D eigenvalue weighted by Gasteiger charge is -2.35. The van der Waals surface area contributed by atoms with Crippen LogP contribution in [0.3, 0.4) is 0 Å². The summed E-state index contributed by atoms with van der Waals surface area (Å²) in [7, 11) is -3.13. The summed E-state index contributed by atoms with van der Waals surface area (Å²) in [4.78, 5) is 28.4. The third-order valence-corrected chi connectivity index (χ3v) is 5.70. The molecule has 0 atom stereocenters. The van der Waals surface area contributed by atoms with Crippen molar-refractivity contribution >= 4 is 44.6 Å². The molecule has 1 saturated heterocycles. The summed E-state index contributed by atoms with van der Waals surface area (Å²) in [6, 6.07) is 13.9. The van der Waals surface area contributed by atoms with E-state index >= 15 is 0 Å². The number of rotatable bonds is 4. The Hall–Kier alpha value is -2.58. The molecule has 3 rings (SSSR count). The Balaban J connectivity index is 1.53. The topological polar surface area (TPSA) is 86.8 Å². The Bertz CT molecular complexity index is 983. The number of carbonyl (C=O) groups is 2. The fraction of sp³-hybridized carbons (Fsp3) is 0.300. The average Bonchev–Trinajstić information content (AvgIpc) is 2.68. The minimum Gasteiger partial charge on any atom is -0.368 e. The molecule has 1 aliphatic heterocycles. The first-order chi connectivity index (χ1) is 13.7. The summed E-state index contributed by atoms with van der Waals surface area (Å²) in [6.07, 6.45) is 1.16. The van der Waals surface area contributed by atoms with Gasteiger partial charge in [0, 0.05) is 48.8 Å². The van der Waals surface area contributed by atoms with Gasteiger partial charge in [0.25, 0.3) is 0 Å². The van der Waals surface area contributed by atoms with Crippen molar-refractivity contribution < 1.29 is 18.0 Å². The van der Waals surface area contributed by atoms with E-state index in [-0.39, 0.29) is 5.75 Å². The molecule has 1 heterocycles. The second-order valence-corrected chi connectivity index (χ2v) is 9.55. The molecule has 0 saturated carbocycles. The van der Waals surface area contributed by atoms with Crippen molar-refractivity contribution in [1.82, 2.24) is 4.90 Å². The highest BCUT2D eigenvalue weighted by molar-refractivity contribution is 7.89. The van der Waals surface area contributed by atoms with Crippen molar-refractivity contribution in [1.29, 1.82) is 0 Å². The van der Waals surface area contributed by atoms with E-state index in [1.54, 1.807) is 24.3 Å². The molecule has 0 spiro atoms. The number of amides is 2. The number of halogens is 1. The van der Waals surface area contributed by atoms with E-state index in [4.69, 9.17) is 11.6 Å². The molecule has 0 radical (unpaired) electrons. The van der Waals surface area contributed by atoms with Gasteiger partial charge in [-0.3, -0.25) is 9.59 Å².